The van der Waals surface area contributed by atoms with Gasteiger partial charge < -0.3 is 15.5 Å². The van der Waals surface area contributed by atoms with E-state index in [2.05, 4.69) is 5.32 Å². The van der Waals surface area contributed by atoms with Gasteiger partial charge in [0.05, 0.1) is 17.7 Å². The van der Waals surface area contributed by atoms with Crippen LogP contribution in [0.15, 0.2) is 12.1 Å². The molecular formula is C15H19F2NO4. The monoisotopic (exact) mass is 315 g/mol. The highest BCUT2D eigenvalue weighted by Crippen LogP contribution is 2.19. The van der Waals surface area contributed by atoms with Gasteiger partial charge >= 0.3 is 5.97 Å². The molecule has 0 unspecified atom stereocenters. The van der Waals surface area contributed by atoms with Crippen LogP contribution in [0.25, 0.3) is 0 Å². The van der Waals surface area contributed by atoms with Crippen molar-refractivity contribution in [2.75, 3.05) is 19.7 Å². The molecule has 22 heavy (non-hydrogen) atoms. The molecule has 1 atom stereocenters. The van der Waals surface area contributed by atoms with E-state index in [1.807, 2.05) is 6.92 Å². The van der Waals surface area contributed by atoms with Crippen LogP contribution in [0.5, 0.6) is 0 Å². The summed E-state index contributed by atoms with van der Waals surface area (Å²) in [6.07, 6.45) is 0.388. The molecule has 0 saturated carbocycles. The summed E-state index contributed by atoms with van der Waals surface area (Å²) in [5.74, 6) is -4.37. The summed E-state index contributed by atoms with van der Waals surface area (Å²) in [5.41, 5.74) is -1.23. The van der Waals surface area contributed by atoms with Crippen LogP contribution in [0.1, 0.15) is 40.5 Å². The Balaban J connectivity index is 2.68. The van der Waals surface area contributed by atoms with Crippen molar-refractivity contribution in [1.82, 2.24) is 5.32 Å². The second kappa shape index (κ2) is 8.55. The van der Waals surface area contributed by atoms with Crippen molar-refractivity contribution in [3.8, 4) is 0 Å². The number of carboxylic acid groups (broad SMARTS) is 1. The molecule has 1 aromatic rings. The second-order valence-electron chi connectivity index (χ2n) is 5.11. The maximum Gasteiger partial charge on any atom is 0.335 e. The maximum atomic E-state index is 13.7. The average Bonchev–Trinajstić information content (AvgIpc) is 2.44. The third-order valence-corrected chi connectivity index (χ3v) is 3.21. The van der Waals surface area contributed by atoms with Crippen LogP contribution in [0.4, 0.5) is 8.78 Å². The Morgan fingerprint density at radius 1 is 1.27 bits per heavy atom. The number of rotatable bonds is 9. The molecule has 0 aromatic heterocycles. The maximum absolute atomic E-state index is 13.7. The van der Waals surface area contributed by atoms with Crippen molar-refractivity contribution in [1.29, 1.82) is 0 Å². The summed E-state index contributed by atoms with van der Waals surface area (Å²) in [7, 11) is 0. The highest BCUT2D eigenvalue weighted by atomic mass is 19.1. The lowest BCUT2D eigenvalue weighted by Gasteiger charge is -2.12. The smallest absolute Gasteiger partial charge is 0.335 e. The van der Waals surface area contributed by atoms with Gasteiger partial charge in [0, 0.05) is 13.0 Å². The summed E-state index contributed by atoms with van der Waals surface area (Å²) in [6, 6.07) is 1.29. The number of carboxylic acids is 1. The van der Waals surface area contributed by atoms with Gasteiger partial charge in [-0.15, -0.1) is 0 Å². The molecule has 122 valence electrons. The van der Waals surface area contributed by atoms with Crippen LogP contribution in [0.2, 0.25) is 0 Å². The number of hydrogen-bond donors (Lipinski definition) is 3. The van der Waals surface area contributed by atoms with E-state index in [0.717, 1.165) is 0 Å². The zero-order valence-corrected chi connectivity index (χ0v) is 12.2. The number of hydrogen-bond acceptors (Lipinski definition) is 4. The fourth-order valence-electron chi connectivity index (χ4n) is 2.00. The van der Waals surface area contributed by atoms with Crippen molar-refractivity contribution < 1.29 is 28.6 Å². The largest absolute Gasteiger partial charge is 0.478 e. The van der Waals surface area contributed by atoms with Crippen molar-refractivity contribution in [2.24, 2.45) is 5.92 Å². The minimum Gasteiger partial charge on any atom is -0.478 e. The lowest BCUT2D eigenvalue weighted by molar-refractivity contribution is 0.0694. The SMILES string of the molecule is C[C@@H](CCC(=O)c1c(F)cc(C(=O)O)cc1F)CNCCO. The molecule has 7 heteroatoms. The predicted molar refractivity (Wildman–Crippen MR) is 76.0 cm³/mol. The highest BCUT2D eigenvalue weighted by Gasteiger charge is 2.20. The first kappa shape index (κ1) is 18.2. The second-order valence-corrected chi connectivity index (χ2v) is 5.11. The number of carbonyl (C=O) groups is 2. The number of nitrogens with one attached hydrogen (secondary N) is 1. The summed E-state index contributed by atoms with van der Waals surface area (Å²) in [4.78, 5) is 22.6. The summed E-state index contributed by atoms with van der Waals surface area (Å²) in [6.45, 7) is 2.91. The Kier molecular flexibility index (Phi) is 7.07. The van der Waals surface area contributed by atoms with E-state index in [-0.39, 0.29) is 18.9 Å². The van der Waals surface area contributed by atoms with Gasteiger partial charge in [0.15, 0.2) is 5.78 Å². The number of halogens is 2. The predicted octanol–water partition coefficient (Wildman–Crippen LogP) is 1.84. The van der Waals surface area contributed by atoms with Crippen molar-refractivity contribution in [3.05, 3.63) is 34.9 Å². The first-order valence-electron chi connectivity index (χ1n) is 6.94. The standard InChI is InChI=1S/C15H19F2NO4/c1-9(8-18-4-5-19)2-3-13(20)14-11(16)6-10(15(21)22)7-12(14)17/h6-7,9,18-19H,2-5,8H2,1H3,(H,21,22)/t9-/m0/s1. The molecular weight excluding hydrogens is 296 g/mol. The van der Waals surface area contributed by atoms with Crippen LogP contribution < -0.4 is 5.32 Å². The molecule has 0 heterocycles. The summed E-state index contributed by atoms with van der Waals surface area (Å²) >= 11 is 0. The van der Waals surface area contributed by atoms with Gasteiger partial charge in [0.25, 0.3) is 0 Å². The third-order valence-electron chi connectivity index (χ3n) is 3.21. The van der Waals surface area contributed by atoms with Crippen LogP contribution in [-0.4, -0.2) is 41.7 Å². The first-order chi connectivity index (χ1) is 10.4. The topological polar surface area (TPSA) is 86.6 Å². The zero-order chi connectivity index (χ0) is 16.7. The number of aromatic carboxylic acids is 1. The molecule has 1 aromatic carbocycles. The van der Waals surface area contributed by atoms with Crippen LogP contribution in [0.3, 0.4) is 0 Å². The van der Waals surface area contributed by atoms with E-state index in [0.29, 0.717) is 31.6 Å². The van der Waals surface area contributed by atoms with Gasteiger partial charge in [0.1, 0.15) is 11.6 Å². The van der Waals surface area contributed by atoms with Gasteiger partial charge in [0.2, 0.25) is 0 Å². The fraction of sp³-hybridized carbons (Fsp3) is 0.467. The molecule has 3 N–H and O–H groups in total. The summed E-state index contributed by atoms with van der Waals surface area (Å²) in [5, 5.41) is 20.3. The lowest BCUT2D eigenvalue weighted by atomic mass is 9.98. The van der Waals surface area contributed by atoms with Crippen molar-refractivity contribution >= 4 is 11.8 Å². The van der Waals surface area contributed by atoms with Crippen LogP contribution in [0, 0.1) is 17.6 Å². The van der Waals surface area contributed by atoms with Gasteiger partial charge in [-0.2, -0.15) is 0 Å². The van der Waals surface area contributed by atoms with Crippen molar-refractivity contribution in [3.63, 3.8) is 0 Å². The molecule has 0 aliphatic rings. The number of ketones is 1. The highest BCUT2D eigenvalue weighted by molar-refractivity contribution is 5.98. The molecule has 1 rings (SSSR count). The minimum atomic E-state index is -1.46. The Morgan fingerprint density at radius 2 is 1.86 bits per heavy atom. The summed E-state index contributed by atoms with van der Waals surface area (Å²) < 4.78 is 27.5. The van der Waals surface area contributed by atoms with Gasteiger partial charge in [-0.05, 0) is 31.0 Å². The molecule has 0 amide bonds. The number of benzene rings is 1. The number of carbonyl (C=O) groups excluding carboxylic acids is 1. The Bertz CT molecular complexity index is 525. The molecule has 0 radical (unpaired) electrons. The molecule has 5 nitrogen and oxygen atoms in total. The third kappa shape index (κ3) is 5.16. The van der Waals surface area contributed by atoms with E-state index >= 15 is 0 Å². The quantitative estimate of drug-likeness (QED) is 0.478. The first-order valence-corrected chi connectivity index (χ1v) is 6.94. The van der Waals surface area contributed by atoms with Crippen LogP contribution >= 0.6 is 0 Å². The van der Waals surface area contributed by atoms with E-state index in [4.69, 9.17) is 10.2 Å². The molecule has 0 bridgehead atoms. The Morgan fingerprint density at radius 3 is 2.36 bits per heavy atom. The fourth-order valence-corrected chi connectivity index (χ4v) is 2.00. The molecule has 0 saturated heterocycles. The molecule has 0 spiro atoms. The van der Waals surface area contributed by atoms with E-state index in [9.17, 15) is 18.4 Å². The number of aliphatic hydroxyl groups excluding tert-OH is 1. The van der Waals surface area contributed by atoms with E-state index in [1.54, 1.807) is 0 Å². The van der Waals surface area contributed by atoms with Gasteiger partial charge in [-0.25, -0.2) is 13.6 Å². The number of aliphatic hydroxyl groups is 1. The normalized spacial score (nSPS) is 12.2. The molecule has 0 aliphatic carbocycles. The molecule has 0 aliphatic heterocycles. The minimum absolute atomic E-state index is 0.0119. The van der Waals surface area contributed by atoms with Crippen LogP contribution in [-0.2, 0) is 0 Å². The van der Waals surface area contributed by atoms with E-state index in [1.165, 1.54) is 0 Å². The average molecular weight is 315 g/mol. The van der Waals surface area contributed by atoms with Gasteiger partial charge in [-0.3, -0.25) is 4.79 Å². The van der Waals surface area contributed by atoms with E-state index < -0.39 is 34.5 Å². The number of Topliss-reactive ketones (excluding diaryl/α,β-unsaturated/α-hetero) is 1. The molecule has 0 fully saturated rings. The van der Waals surface area contributed by atoms with Gasteiger partial charge in [-0.1, -0.05) is 6.92 Å². The van der Waals surface area contributed by atoms with Crippen molar-refractivity contribution in [2.45, 2.75) is 19.8 Å². The Hall–Kier alpha value is -1.86. The zero-order valence-electron chi connectivity index (χ0n) is 12.2. The lowest BCUT2D eigenvalue weighted by Crippen LogP contribution is -2.24. The Labute approximate surface area is 127 Å².